The molecule has 0 saturated carbocycles. The van der Waals surface area contributed by atoms with E-state index in [-0.39, 0.29) is 0 Å². The second-order valence-electron chi connectivity index (χ2n) is 3.86. The molecule has 0 aliphatic heterocycles. The number of hydrogen-bond acceptors (Lipinski definition) is 1. The number of hydrogen-bond donors (Lipinski definition) is 2. The van der Waals surface area contributed by atoms with E-state index < -0.39 is 0 Å². The molecule has 5 heteroatoms. The van der Waals surface area contributed by atoms with E-state index in [4.69, 9.17) is 12.2 Å². The molecule has 0 aromatic heterocycles. The highest BCUT2D eigenvalue weighted by atomic mass is 79.9. The summed E-state index contributed by atoms with van der Waals surface area (Å²) in [5, 5.41) is 6.93. The number of anilines is 1. The zero-order valence-electron chi connectivity index (χ0n) is 9.40. The number of halogens is 2. The normalized spacial score (nSPS) is 10.4. The van der Waals surface area contributed by atoms with Crippen LogP contribution in [-0.4, -0.2) is 11.2 Å². The van der Waals surface area contributed by atoms with Crippen LogP contribution in [0.1, 0.15) is 19.4 Å². The molecule has 0 fully saturated rings. The van der Waals surface area contributed by atoms with Gasteiger partial charge in [0, 0.05) is 15.0 Å². The summed E-state index contributed by atoms with van der Waals surface area (Å²) in [6.45, 7) is 6.14. The van der Waals surface area contributed by atoms with Gasteiger partial charge in [-0.15, -0.1) is 0 Å². The first-order chi connectivity index (χ1) is 7.40. The van der Waals surface area contributed by atoms with Gasteiger partial charge in [-0.3, -0.25) is 0 Å². The molecule has 0 bridgehead atoms. The third-order valence-electron chi connectivity index (χ3n) is 1.84. The van der Waals surface area contributed by atoms with E-state index in [1.165, 1.54) is 5.56 Å². The molecule has 0 heterocycles. The van der Waals surface area contributed by atoms with Crippen LogP contribution in [0.4, 0.5) is 5.69 Å². The van der Waals surface area contributed by atoms with Gasteiger partial charge in [0.1, 0.15) is 0 Å². The summed E-state index contributed by atoms with van der Waals surface area (Å²) in [6.07, 6.45) is 0. The third kappa shape index (κ3) is 4.03. The van der Waals surface area contributed by atoms with E-state index in [1.807, 2.05) is 32.9 Å². The molecular weight excluding hydrogens is 352 g/mol. The van der Waals surface area contributed by atoms with Crippen LogP contribution in [0.15, 0.2) is 21.1 Å². The van der Waals surface area contributed by atoms with Crippen LogP contribution in [0.5, 0.6) is 0 Å². The Labute approximate surface area is 118 Å². The van der Waals surface area contributed by atoms with Crippen LogP contribution < -0.4 is 10.6 Å². The van der Waals surface area contributed by atoms with Crippen LogP contribution in [0, 0.1) is 6.92 Å². The number of thiocarbonyl (C=S) groups is 1. The summed E-state index contributed by atoms with van der Waals surface area (Å²) in [7, 11) is 0. The second-order valence-corrected chi connectivity index (χ2v) is 5.97. The standard InChI is InChI=1S/C11H14Br2N2S/c1-6(2)14-11(16)15-10-8(12)4-7(3)5-9(10)13/h4-6H,1-3H3,(H2,14,15,16). The van der Waals surface area contributed by atoms with Crippen molar-refractivity contribution < 1.29 is 0 Å². The summed E-state index contributed by atoms with van der Waals surface area (Å²) in [4.78, 5) is 0. The smallest absolute Gasteiger partial charge is 0.171 e. The van der Waals surface area contributed by atoms with Gasteiger partial charge in [0.05, 0.1) is 5.69 Å². The number of rotatable bonds is 2. The fourth-order valence-electron chi connectivity index (χ4n) is 1.23. The summed E-state index contributed by atoms with van der Waals surface area (Å²) in [5.41, 5.74) is 2.13. The topological polar surface area (TPSA) is 24.1 Å². The first-order valence-corrected chi connectivity index (χ1v) is 6.92. The largest absolute Gasteiger partial charge is 0.360 e. The van der Waals surface area contributed by atoms with Crippen molar-refractivity contribution in [2.75, 3.05) is 5.32 Å². The Morgan fingerprint density at radius 2 is 1.75 bits per heavy atom. The minimum atomic E-state index is 0.322. The van der Waals surface area contributed by atoms with Crippen molar-refractivity contribution in [3.8, 4) is 0 Å². The lowest BCUT2D eigenvalue weighted by Crippen LogP contribution is -2.34. The van der Waals surface area contributed by atoms with Crippen LogP contribution in [-0.2, 0) is 0 Å². The van der Waals surface area contributed by atoms with Crippen molar-refractivity contribution in [2.45, 2.75) is 26.8 Å². The fraction of sp³-hybridized carbons (Fsp3) is 0.364. The maximum absolute atomic E-state index is 5.20. The lowest BCUT2D eigenvalue weighted by Gasteiger charge is -2.15. The average molecular weight is 366 g/mol. The van der Waals surface area contributed by atoms with E-state index >= 15 is 0 Å². The van der Waals surface area contributed by atoms with Crippen molar-refractivity contribution >= 4 is 54.9 Å². The van der Waals surface area contributed by atoms with E-state index in [2.05, 4.69) is 42.5 Å². The van der Waals surface area contributed by atoms with Crippen molar-refractivity contribution in [3.05, 3.63) is 26.6 Å². The van der Waals surface area contributed by atoms with Crippen molar-refractivity contribution in [3.63, 3.8) is 0 Å². The quantitative estimate of drug-likeness (QED) is 0.767. The minimum Gasteiger partial charge on any atom is -0.360 e. The second kappa shape index (κ2) is 5.98. The Balaban J connectivity index is 2.85. The van der Waals surface area contributed by atoms with Gasteiger partial charge in [-0.2, -0.15) is 0 Å². The van der Waals surface area contributed by atoms with Gasteiger partial charge >= 0.3 is 0 Å². The van der Waals surface area contributed by atoms with E-state index in [0.29, 0.717) is 11.2 Å². The van der Waals surface area contributed by atoms with Crippen molar-refractivity contribution in [1.29, 1.82) is 0 Å². The number of benzene rings is 1. The van der Waals surface area contributed by atoms with E-state index in [1.54, 1.807) is 0 Å². The van der Waals surface area contributed by atoms with Crippen LogP contribution in [0.2, 0.25) is 0 Å². The molecule has 0 unspecified atom stereocenters. The molecule has 0 saturated heterocycles. The average Bonchev–Trinajstić information content (AvgIpc) is 2.09. The van der Waals surface area contributed by atoms with Gasteiger partial charge < -0.3 is 10.6 Å². The predicted octanol–water partition coefficient (Wildman–Crippen LogP) is 4.21. The van der Waals surface area contributed by atoms with Crippen LogP contribution >= 0.6 is 44.1 Å². The van der Waals surface area contributed by atoms with Gasteiger partial charge in [-0.25, -0.2) is 0 Å². The molecule has 0 spiro atoms. The Kier molecular flexibility index (Phi) is 5.21. The minimum absolute atomic E-state index is 0.322. The van der Waals surface area contributed by atoms with Gasteiger partial charge in [0.25, 0.3) is 0 Å². The molecule has 1 rings (SSSR count). The first-order valence-electron chi connectivity index (χ1n) is 4.93. The highest BCUT2D eigenvalue weighted by Crippen LogP contribution is 2.32. The van der Waals surface area contributed by atoms with Crippen molar-refractivity contribution in [1.82, 2.24) is 5.32 Å². The molecule has 2 nitrogen and oxygen atoms in total. The molecular formula is C11H14Br2N2S. The zero-order chi connectivity index (χ0) is 12.3. The van der Waals surface area contributed by atoms with E-state index in [0.717, 1.165) is 14.6 Å². The van der Waals surface area contributed by atoms with Gasteiger partial charge in [0.15, 0.2) is 5.11 Å². The van der Waals surface area contributed by atoms with Gasteiger partial charge in [-0.05, 0) is 82.5 Å². The van der Waals surface area contributed by atoms with Crippen LogP contribution in [0.3, 0.4) is 0 Å². The van der Waals surface area contributed by atoms with Crippen LogP contribution in [0.25, 0.3) is 0 Å². The summed E-state index contributed by atoms with van der Waals surface area (Å²) < 4.78 is 1.99. The molecule has 0 aliphatic rings. The van der Waals surface area contributed by atoms with E-state index in [9.17, 15) is 0 Å². The molecule has 2 N–H and O–H groups in total. The molecule has 0 atom stereocenters. The lowest BCUT2D eigenvalue weighted by atomic mass is 10.2. The molecule has 1 aromatic rings. The SMILES string of the molecule is Cc1cc(Br)c(NC(=S)NC(C)C)c(Br)c1. The summed E-state index contributed by atoms with van der Waals surface area (Å²) in [6, 6.07) is 4.42. The zero-order valence-corrected chi connectivity index (χ0v) is 13.4. The molecule has 0 amide bonds. The molecule has 88 valence electrons. The number of aryl methyl sites for hydroxylation is 1. The Bertz CT molecular complexity index is 382. The fourth-order valence-corrected chi connectivity index (χ4v) is 3.18. The predicted molar refractivity (Wildman–Crippen MR) is 81.1 cm³/mol. The molecule has 1 aromatic carbocycles. The molecule has 0 aliphatic carbocycles. The highest BCUT2D eigenvalue weighted by Gasteiger charge is 2.08. The third-order valence-corrected chi connectivity index (χ3v) is 3.32. The highest BCUT2D eigenvalue weighted by molar-refractivity contribution is 9.11. The summed E-state index contributed by atoms with van der Waals surface area (Å²) in [5.74, 6) is 0. The maximum atomic E-state index is 5.20. The van der Waals surface area contributed by atoms with Crippen molar-refractivity contribution in [2.24, 2.45) is 0 Å². The lowest BCUT2D eigenvalue weighted by molar-refractivity contribution is 0.739. The Morgan fingerprint density at radius 1 is 1.25 bits per heavy atom. The summed E-state index contributed by atoms with van der Waals surface area (Å²) >= 11 is 12.2. The molecule has 16 heavy (non-hydrogen) atoms. The maximum Gasteiger partial charge on any atom is 0.171 e. The number of nitrogens with one attached hydrogen (secondary N) is 2. The molecule has 0 radical (unpaired) electrons. The first kappa shape index (κ1) is 13.9. The monoisotopic (exact) mass is 364 g/mol. The Hall–Kier alpha value is -0.130. The Morgan fingerprint density at radius 3 is 2.19 bits per heavy atom. The van der Waals surface area contributed by atoms with Gasteiger partial charge in [0.2, 0.25) is 0 Å². The van der Waals surface area contributed by atoms with Gasteiger partial charge in [-0.1, -0.05) is 0 Å².